The topological polar surface area (TPSA) is 85.9 Å². The van der Waals surface area contributed by atoms with Crippen LogP contribution in [0, 0.1) is 11.8 Å². The number of imidazole rings is 1. The van der Waals surface area contributed by atoms with E-state index < -0.39 is 0 Å². The first-order valence-electron chi connectivity index (χ1n) is 11.2. The second kappa shape index (κ2) is 8.30. The number of amides is 1. The summed E-state index contributed by atoms with van der Waals surface area (Å²) in [6, 6.07) is 10.3. The summed E-state index contributed by atoms with van der Waals surface area (Å²) in [4.78, 5) is 27.5. The van der Waals surface area contributed by atoms with Crippen molar-refractivity contribution in [2.75, 3.05) is 32.5 Å². The lowest BCUT2D eigenvalue weighted by molar-refractivity contribution is 0.0924. The van der Waals surface area contributed by atoms with Crippen molar-refractivity contribution in [1.82, 2.24) is 25.2 Å². The number of hydrogen-bond acceptors (Lipinski definition) is 5. The maximum absolute atomic E-state index is 13.0. The third-order valence-corrected chi connectivity index (χ3v) is 6.74. The molecule has 1 aromatic carbocycles. The summed E-state index contributed by atoms with van der Waals surface area (Å²) < 4.78 is 0. The van der Waals surface area contributed by atoms with Crippen molar-refractivity contribution in [3.63, 3.8) is 0 Å². The quantitative estimate of drug-likeness (QED) is 0.547. The summed E-state index contributed by atoms with van der Waals surface area (Å²) >= 11 is 0. The number of H-pyrrole nitrogens is 1. The number of nitrogens with one attached hydrogen (secondary N) is 3. The summed E-state index contributed by atoms with van der Waals surface area (Å²) in [7, 11) is 4.12. The summed E-state index contributed by atoms with van der Waals surface area (Å²) in [5, 5.41) is 6.69. The molecule has 2 aliphatic carbocycles. The highest BCUT2D eigenvalue weighted by atomic mass is 16.1. The van der Waals surface area contributed by atoms with Gasteiger partial charge in [0.05, 0.1) is 11.1 Å². The number of aromatic amines is 1. The maximum Gasteiger partial charge on any atom is 0.253 e. The number of pyridine rings is 1. The molecule has 31 heavy (non-hydrogen) atoms. The van der Waals surface area contributed by atoms with Gasteiger partial charge in [0.1, 0.15) is 5.82 Å². The Bertz CT molecular complexity index is 1070. The Morgan fingerprint density at radius 3 is 2.71 bits per heavy atom. The van der Waals surface area contributed by atoms with Gasteiger partial charge < -0.3 is 20.5 Å². The van der Waals surface area contributed by atoms with Crippen molar-refractivity contribution in [2.24, 2.45) is 11.8 Å². The molecule has 7 nitrogen and oxygen atoms in total. The fourth-order valence-electron chi connectivity index (χ4n) is 5.07. The van der Waals surface area contributed by atoms with Gasteiger partial charge in [-0.15, -0.1) is 0 Å². The lowest BCUT2D eigenvalue weighted by atomic mass is 9.95. The highest BCUT2D eigenvalue weighted by Crippen LogP contribution is 2.44. The van der Waals surface area contributed by atoms with Crippen LogP contribution in [0.4, 0.5) is 5.69 Å². The number of carbonyl (C=O) groups is 1. The maximum atomic E-state index is 13.0. The van der Waals surface area contributed by atoms with Crippen LogP contribution in [0.3, 0.4) is 0 Å². The Labute approximate surface area is 182 Å². The van der Waals surface area contributed by atoms with E-state index in [1.54, 1.807) is 12.3 Å². The Morgan fingerprint density at radius 2 is 2.00 bits per heavy atom. The predicted octanol–water partition coefficient (Wildman–Crippen LogP) is 3.52. The molecule has 2 unspecified atom stereocenters. The van der Waals surface area contributed by atoms with Gasteiger partial charge in [0.25, 0.3) is 5.91 Å². The molecule has 1 amide bonds. The molecule has 2 bridgehead atoms. The Kier molecular flexibility index (Phi) is 5.36. The van der Waals surface area contributed by atoms with Gasteiger partial charge in [0, 0.05) is 36.6 Å². The zero-order chi connectivity index (χ0) is 21.4. The SMILES string of the molecule is CN(C)CCNc1ccc(-c2nc3nccc(C(=O)N[C@@H]4CC5CCC4C5)c3[nH]2)cc1. The molecule has 3 atom stereocenters. The molecular weight excluding hydrogens is 388 g/mol. The van der Waals surface area contributed by atoms with Gasteiger partial charge in [-0.2, -0.15) is 0 Å². The van der Waals surface area contributed by atoms with Crippen molar-refractivity contribution in [3.05, 3.63) is 42.1 Å². The zero-order valence-corrected chi connectivity index (χ0v) is 18.2. The van der Waals surface area contributed by atoms with Crippen LogP contribution in [0.5, 0.6) is 0 Å². The molecule has 2 heterocycles. The van der Waals surface area contributed by atoms with Crippen molar-refractivity contribution in [2.45, 2.75) is 31.7 Å². The van der Waals surface area contributed by atoms with Gasteiger partial charge in [-0.05, 0) is 75.5 Å². The first-order valence-corrected chi connectivity index (χ1v) is 11.2. The van der Waals surface area contributed by atoms with Crippen molar-refractivity contribution >= 4 is 22.8 Å². The van der Waals surface area contributed by atoms with Crippen molar-refractivity contribution < 1.29 is 4.79 Å². The van der Waals surface area contributed by atoms with E-state index in [9.17, 15) is 4.79 Å². The summed E-state index contributed by atoms with van der Waals surface area (Å²) in [5.74, 6) is 2.14. The number of aromatic nitrogens is 3. The standard InChI is InChI=1S/C24H30N6O/c1-30(2)12-11-25-18-7-5-16(6-8-18)22-28-21-19(9-10-26-23(21)29-22)24(31)27-20-14-15-3-4-17(20)13-15/h5-10,15,17,20,25H,3-4,11-14H2,1-2H3,(H,27,31)(H,26,28,29)/t15?,17?,20-/m1/s1. The Balaban J connectivity index is 1.33. The number of benzene rings is 1. The number of rotatable bonds is 7. The molecule has 0 aliphatic heterocycles. The molecule has 2 aromatic heterocycles. The fourth-order valence-corrected chi connectivity index (χ4v) is 5.07. The summed E-state index contributed by atoms with van der Waals surface area (Å²) in [6.45, 7) is 1.87. The van der Waals surface area contributed by atoms with Crippen LogP contribution >= 0.6 is 0 Å². The van der Waals surface area contributed by atoms with E-state index in [0.717, 1.165) is 42.5 Å². The molecular formula is C24H30N6O. The van der Waals surface area contributed by atoms with E-state index in [1.165, 1.54) is 19.3 Å². The highest BCUT2D eigenvalue weighted by molar-refractivity contribution is 6.04. The second-order valence-electron chi connectivity index (χ2n) is 9.20. The lowest BCUT2D eigenvalue weighted by Crippen LogP contribution is -2.38. The van der Waals surface area contributed by atoms with Crippen LogP contribution in [0.2, 0.25) is 0 Å². The lowest BCUT2D eigenvalue weighted by Gasteiger charge is -2.22. The van der Waals surface area contributed by atoms with Crippen molar-refractivity contribution in [3.8, 4) is 11.4 Å². The predicted molar refractivity (Wildman–Crippen MR) is 123 cm³/mol. The zero-order valence-electron chi connectivity index (χ0n) is 18.2. The first-order chi connectivity index (χ1) is 15.1. The van der Waals surface area contributed by atoms with Gasteiger partial charge >= 0.3 is 0 Å². The Morgan fingerprint density at radius 1 is 1.16 bits per heavy atom. The largest absolute Gasteiger partial charge is 0.384 e. The molecule has 0 saturated heterocycles. The molecule has 2 saturated carbocycles. The van der Waals surface area contributed by atoms with Crippen LogP contribution in [0.15, 0.2) is 36.5 Å². The van der Waals surface area contributed by atoms with E-state index in [4.69, 9.17) is 0 Å². The van der Waals surface area contributed by atoms with Crippen LogP contribution in [0.25, 0.3) is 22.6 Å². The van der Waals surface area contributed by atoms with E-state index >= 15 is 0 Å². The number of likely N-dealkylation sites (N-methyl/N-ethyl adjacent to an activating group) is 1. The number of carbonyl (C=O) groups excluding carboxylic acids is 1. The fraction of sp³-hybridized carbons (Fsp3) is 0.458. The smallest absolute Gasteiger partial charge is 0.253 e. The molecule has 0 spiro atoms. The number of hydrogen-bond donors (Lipinski definition) is 3. The number of anilines is 1. The number of nitrogens with zero attached hydrogens (tertiary/aromatic N) is 3. The molecule has 162 valence electrons. The van der Waals surface area contributed by atoms with Crippen LogP contribution in [-0.2, 0) is 0 Å². The third kappa shape index (κ3) is 4.14. The highest BCUT2D eigenvalue weighted by Gasteiger charge is 2.40. The molecule has 5 rings (SSSR count). The van der Waals surface area contributed by atoms with Gasteiger partial charge in [0.2, 0.25) is 0 Å². The normalized spacial score (nSPS) is 22.4. The summed E-state index contributed by atoms with van der Waals surface area (Å²) in [6.07, 6.45) is 6.62. The average Bonchev–Trinajstić information content (AvgIpc) is 3.49. The van der Waals surface area contributed by atoms with Gasteiger partial charge in [0.15, 0.2) is 5.65 Å². The minimum absolute atomic E-state index is 0.0272. The molecule has 3 aromatic rings. The van der Waals surface area contributed by atoms with E-state index in [-0.39, 0.29) is 5.91 Å². The van der Waals surface area contributed by atoms with Gasteiger partial charge in [-0.3, -0.25) is 4.79 Å². The third-order valence-electron chi connectivity index (χ3n) is 6.74. The summed E-state index contributed by atoms with van der Waals surface area (Å²) in [5.41, 5.74) is 3.94. The van der Waals surface area contributed by atoms with Crippen LogP contribution in [-0.4, -0.2) is 59.0 Å². The number of fused-ring (bicyclic) bond motifs is 3. The second-order valence-corrected chi connectivity index (χ2v) is 9.20. The van der Waals surface area contributed by atoms with E-state index in [2.05, 4.69) is 44.6 Å². The van der Waals surface area contributed by atoms with Gasteiger partial charge in [-0.25, -0.2) is 9.97 Å². The average molecular weight is 419 g/mol. The monoisotopic (exact) mass is 418 g/mol. The van der Waals surface area contributed by atoms with Crippen molar-refractivity contribution in [1.29, 1.82) is 0 Å². The van der Waals surface area contributed by atoms with Crippen LogP contribution in [0.1, 0.15) is 36.0 Å². The molecule has 3 N–H and O–H groups in total. The first kappa shape index (κ1) is 20.0. The minimum Gasteiger partial charge on any atom is -0.384 e. The molecule has 0 radical (unpaired) electrons. The van der Waals surface area contributed by atoms with Crippen LogP contribution < -0.4 is 10.6 Å². The van der Waals surface area contributed by atoms with E-state index in [0.29, 0.717) is 28.7 Å². The minimum atomic E-state index is -0.0272. The van der Waals surface area contributed by atoms with E-state index in [1.807, 2.05) is 24.3 Å². The Hall–Kier alpha value is -2.93. The van der Waals surface area contributed by atoms with Gasteiger partial charge in [-0.1, -0.05) is 6.42 Å². The molecule has 2 aliphatic rings. The molecule has 2 fully saturated rings. The molecule has 7 heteroatoms.